The maximum Gasteiger partial charge on any atom is 0.0846 e. The van der Waals surface area contributed by atoms with E-state index in [-0.39, 0.29) is 0 Å². The zero-order valence-corrected chi connectivity index (χ0v) is 12.1. The van der Waals surface area contributed by atoms with E-state index in [4.69, 9.17) is 5.73 Å². The maximum absolute atomic E-state index is 5.58. The summed E-state index contributed by atoms with van der Waals surface area (Å²) in [6, 6.07) is 8.83. The highest BCUT2D eigenvalue weighted by Gasteiger charge is 2.09. The van der Waals surface area contributed by atoms with E-state index in [1.54, 1.807) is 11.5 Å². The van der Waals surface area contributed by atoms with Gasteiger partial charge in [-0.15, -0.1) is 0 Å². The molecule has 0 amide bonds. The summed E-state index contributed by atoms with van der Waals surface area (Å²) in [5.74, 6) is 0.548. The molecule has 0 radical (unpaired) electrons. The van der Waals surface area contributed by atoms with Crippen molar-refractivity contribution in [1.82, 2.24) is 4.37 Å². The Hall–Kier alpha value is -1.19. The van der Waals surface area contributed by atoms with Gasteiger partial charge in [-0.1, -0.05) is 26.0 Å². The molecule has 0 unspecified atom stereocenters. The fraction of sp³-hybridized carbons (Fsp3) is 0.400. The molecule has 0 spiro atoms. The van der Waals surface area contributed by atoms with Gasteiger partial charge in [-0.05, 0) is 60.6 Å². The monoisotopic (exact) mass is 260 g/mol. The average Bonchev–Trinajstić information content (AvgIpc) is 2.78. The molecule has 3 heteroatoms. The summed E-state index contributed by atoms with van der Waals surface area (Å²) in [6.45, 7) is 7.26. The molecule has 2 rings (SSSR count). The molecular weight excluding hydrogens is 240 g/mol. The number of nitrogens with two attached hydrogens (primary N) is 1. The first kappa shape index (κ1) is 13.2. The number of aryl methyl sites for hydroxylation is 1. The number of hydrogen-bond acceptors (Lipinski definition) is 3. The molecule has 2 aromatic rings. The summed E-state index contributed by atoms with van der Waals surface area (Å²) in [7, 11) is 0. The van der Waals surface area contributed by atoms with E-state index < -0.39 is 0 Å². The van der Waals surface area contributed by atoms with Crippen molar-refractivity contribution in [2.24, 2.45) is 5.73 Å². The van der Waals surface area contributed by atoms with Crippen molar-refractivity contribution >= 4 is 11.5 Å². The Balaban J connectivity index is 2.38. The highest BCUT2D eigenvalue weighted by molar-refractivity contribution is 7.06. The number of benzene rings is 1. The average molecular weight is 260 g/mol. The van der Waals surface area contributed by atoms with Gasteiger partial charge in [0.2, 0.25) is 0 Å². The quantitative estimate of drug-likeness (QED) is 0.909. The van der Waals surface area contributed by atoms with Crippen molar-refractivity contribution in [3.8, 4) is 11.3 Å². The van der Waals surface area contributed by atoms with Crippen LogP contribution >= 0.6 is 11.5 Å². The molecule has 2 N–H and O–H groups in total. The van der Waals surface area contributed by atoms with Gasteiger partial charge in [-0.2, -0.15) is 4.37 Å². The van der Waals surface area contributed by atoms with Crippen LogP contribution in [0.1, 0.15) is 35.8 Å². The van der Waals surface area contributed by atoms with Crippen LogP contribution in [0, 0.1) is 6.92 Å². The van der Waals surface area contributed by atoms with Gasteiger partial charge in [0.05, 0.1) is 5.69 Å². The van der Waals surface area contributed by atoms with Gasteiger partial charge in [0.15, 0.2) is 0 Å². The molecule has 0 atom stereocenters. The number of rotatable bonds is 4. The van der Waals surface area contributed by atoms with Crippen LogP contribution in [-0.4, -0.2) is 10.9 Å². The second-order valence-electron chi connectivity index (χ2n) is 4.95. The zero-order valence-electron chi connectivity index (χ0n) is 11.2. The van der Waals surface area contributed by atoms with Gasteiger partial charge < -0.3 is 5.73 Å². The maximum atomic E-state index is 5.58. The summed E-state index contributed by atoms with van der Waals surface area (Å²) in [5, 5.41) is 0. The predicted octanol–water partition coefficient (Wildman–Crippen LogP) is 3.74. The fourth-order valence-electron chi connectivity index (χ4n) is 1.97. The number of hydrogen-bond donors (Lipinski definition) is 1. The van der Waals surface area contributed by atoms with Crippen LogP contribution in [-0.2, 0) is 6.42 Å². The zero-order chi connectivity index (χ0) is 13.1. The minimum absolute atomic E-state index is 0.548. The van der Waals surface area contributed by atoms with Crippen LogP contribution in [0.5, 0.6) is 0 Å². The topological polar surface area (TPSA) is 38.9 Å². The van der Waals surface area contributed by atoms with Gasteiger partial charge in [-0.25, -0.2) is 0 Å². The van der Waals surface area contributed by atoms with Crippen LogP contribution in [0.25, 0.3) is 11.3 Å². The second kappa shape index (κ2) is 5.63. The summed E-state index contributed by atoms with van der Waals surface area (Å²) >= 11 is 1.56. The highest BCUT2D eigenvalue weighted by atomic mass is 32.1. The molecule has 0 fully saturated rings. The molecule has 1 aromatic carbocycles. The largest absolute Gasteiger partial charge is 0.330 e. The summed E-state index contributed by atoms with van der Waals surface area (Å²) in [5.41, 5.74) is 10.6. The van der Waals surface area contributed by atoms with E-state index in [2.05, 4.69) is 49.4 Å². The second-order valence-corrected chi connectivity index (χ2v) is 5.84. The summed E-state index contributed by atoms with van der Waals surface area (Å²) in [4.78, 5) is 1.27. The van der Waals surface area contributed by atoms with Gasteiger partial charge in [0.25, 0.3) is 0 Å². The third-order valence-corrected chi connectivity index (χ3v) is 4.00. The Morgan fingerprint density at radius 1 is 1.28 bits per heavy atom. The Morgan fingerprint density at radius 3 is 2.72 bits per heavy atom. The van der Waals surface area contributed by atoms with Crippen LogP contribution < -0.4 is 5.73 Å². The van der Waals surface area contributed by atoms with Crippen molar-refractivity contribution in [3.05, 3.63) is 40.3 Å². The first-order valence-corrected chi connectivity index (χ1v) is 7.15. The number of aromatic nitrogens is 1. The van der Waals surface area contributed by atoms with E-state index in [0.29, 0.717) is 12.5 Å². The molecule has 1 aromatic heterocycles. The highest BCUT2D eigenvalue weighted by Crippen LogP contribution is 2.28. The van der Waals surface area contributed by atoms with Crippen molar-refractivity contribution in [3.63, 3.8) is 0 Å². The Morgan fingerprint density at radius 2 is 2.06 bits per heavy atom. The van der Waals surface area contributed by atoms with Gasteiger partial charge in [-0.3, -0.25) is 0 Å². The van der Waals surface area contributed by atoms with Crippen molar-refractivity contribution in [2.45, 2.75) is 33.1 Å². The molecule has 0 saturated heterocycles. The van der Waals surface area contributed by atoms with Crippen LogP contribution in [0.4, 0.5) is 0 Å². The molecule has 0 aliphatic rings. The predicted molar refractivity (Wildman–Crippen MR) is 79.1 cm³/mol. The lowest BCUT2D eigenvalue weighted by molar-refractivity contribution is 0.866. The first-order chi connectivity index (χ1) is 8.61. The summed E-state index contributed by atoms with van der Waals surface area (Å²) < 4.78 is 4.55. The van der Waals surface area contributed by atoms with Crippen LogP contribution in [0.2, 0.25) is 0 Å². The Bertz CT molecular complexity index is 529. The molecular formula is C15H20N2S. The number of nitrogens with zero attached hydrogens (tertiary/aromatic N) is 1. The first-order valence-electron chi connectivity index (χ1n) is 6.38. The Labute approximate surface area is 113 Å². The molecule has 18 heavy (non-hydrogen) atoms. The minimum atomic E-state index is 0.548. The van der Waals surface area contributed by atoms with E-state index in [1.807, 2.05) is 0 Å². The molecule has 96 valence electrons. The van der Waals surface area contributed by atoms with Gasteiger partial charge >= 0.3 is 0 Å². The smallest absolute Gasteiger partial charge is 0.0846 e. The van der Waals surface area contributed by atoms with Crippen molar-refractivity contribution in [1.29, 1.82) is 0 Å². The lowest BCUT2D eigenvalue weighted by Crippen LogP contribution is -2.00. The van der Waals surface area contributed by atoms with Gasteiger partial charge in [0, 0.05) is 10.4 Å². The van der Waals surface area contributed by atoms with Crippen molar-refractivity contribution in [2.75, 3.05) is 6.54 Å². The van der Waals surface area contributed by atoms with Gasteiger partial charge in [0.1, 0.15) is 0 Å². The molecule has 0 aliphatic carbocycles. The summed E-state index contributed by atoms with van der Waals surface area (Å²) in [6.07, 6.45) is 0.917. The SMILES string of the molecule is Cc1ccc(C(C)C)cc1-c1cc(CCN)sn1. The molecule has 1 heterocycles. The van der Waals surface area contributed by atoms with Crippen LogP contribution in [0.3, 0.4) is 0 Å². The minimum Gasteiger partial charge on any atom is -0.330 e. The third-order valence-electron chi connectivity index (χ3n) is 3.15. The Kier molecular flexibility index (Phi) is 4.15. The van der Waals surface area contributed by atoms with E-state index in [1.165, 1.54) is 21.6 Å². The standard InChI is InChI=1S/C15H20N2S/c1-10(2)12-5-4-11(3)14(8-12)15-9-13(6-7-16)18-17-15/h4-5,8-10H,6-7,16H2,1-3H3. The molecule has 2 nitrogen and oxygen atoms in total. The molecule has 0 aliphatic heterocycles. The van der Waals surface area contributed by atoms with E-state index in [0.717, 1.165) is 12.1 Å². The van der Waals surface area contributed by atoms with Crippen LogP contribution in [0.15, 0.2) is 24.3 Å². The van der Waals surface area contributed by atoms with E-state index >= 15 is 0 Å². The molecule has 0 bridgehead atoms. The van der Waals surface area contributed by atoms with E-state index in [9.17, 15) is 0 Å². The molecule has 0 saturated carbocycles. The normalized spacial score (nSPS) is 11.2. The fourth-order valence-corrected chi connectivity index (χ4v) is 2.71. The lowest BCUT2D eigenvalue weighted by Gasteiger charge is -2.09. The lowest BCUT2D eigenvalue weighted by atomic mass is 9.96. The third kappa shape index (κ3) is 2.79. The van der Waals surface area contributed by atoms with Crippen molar-refractivity contribution < 1.29 is 0 Å².